The summed E-state index contributed by atoms with van der Waals surface area (Å²) in [6.07, 6.45) is 8.66. The summed E-state index contributed by atoms with van der Waals surface area (Å²) >= 11 is 0. The van der Waals surface area contributed by atoms with E-state index in [1.54, 1.807) is 0 Å². The molecule has 2 atom stereocenters. The van der Waals surface area contributed by atoms with E-state index in [0.717, 1.165) is 18.9 Å². The number of ether oxygens (including phenoxy) is 1. The Kier molecular flexibility index (Phi) is 6.26. The van der Waals surface area contributed by atoms with Crippen molar-refractivity contribution in [2.24, 2.45) is 5.92 Å². The molecular formula is C13H27NO. The molecule has 2 heteroatoms. The van der Waals surface area contributed by atoms with Gasteiger partial charge in [-0.3, -0.25) is 0 Å². The van der Waals surface area contributed by atoms with Crippen molar-refractivity contribution in [2.45, 2.75) is 64.5 Å². The van der Waals surface area contributed by atoms with E-state index < -0.39 is 0 Å². The van der Waals surface area contributed by atoms with Crippen LogP contribution in [0, 0.1) is 5.92 Å². The molecule has 1 aliphatic carbocycles. The molecule has 1 fully saturated rings. The second-order valence-electron chi connectivity index (χ2n) is 4.84. The Balaban J connectivity index is 2.39. The van der Waals surface area contributed by atoms with Crippen molar-refractivity contribution in [3.05, 3.63) is 0 Å². The van der Waals surface area contributed by atoms with E-state index in [0.29, 0.717) is 12.1 Å². The van der Waals surface area contributed by atoms with E-state index in [4.69, 9.17) is 4.74 Å². The summed E-state index contributed by atoms with van der Waals surface area (Å²) < 4.78 is 5.38. The van der Waals surface area contributed by atoms with Gasteiger partial charge in [0.05, 0.1) is 6.10 Å². The highest BCUT2D eigenvalue weighted by Gasteiger charge is 2.24. The Hall–Kier alpha value is -0.0800. The van der Waals surface area contributed by atoms with Crippen LogP contribution in [-0.2, 0) is 4.74 Å². The fraction of sp³-hybridized carbons (Fsp3) is 1.00. The second-order valence-corrected chi connectivity index (χ2v) is 4.84. The van der Waals surface area contributed by atoms with Gasteiger partial charge in [-0.2, -0.15) is 0 Å². The largest absolute Gasteiger partial charge is 0.382 e. The highest BCUT2D eigenvalue weighted by atomic mass is 16.5. The summed E-state index contributed by atoms with van der Waals surface area (Å²) in [7, 11) is 1.81. The van der Waals surface area contributed by atoms with E-state index >= 15 is 0 Å². The first-order valence-corrected chi connectivity index (χ1v) is 6.54. The lowest BCUT2D eigenvalue weighted by atomic mass is 9.82. The molecule has 1 rings (SSSR count). The molecule has 0 amide bonds. The van der Waals surface area contributed by atoms with Crippen molar-refractivity contribution in [2.75, 3.05) is 13.7 Å². The predicted octanol–water partition coefficient (Wildman–Crippen LogP) is 2.97. The van der Waals surface area contributed by atoms with E-state index in [1.807, 2.05) is 7.11 Å². The lowest BCUT2D eigenvalue weighted by Crippen LogP contribution is -2.39. The lowest BCUT2D eigenvalue weighted by molar-refractivity contribution is 0.0876. The second kappa shape index (κ2) is 7.24. The van der Waals surface area contributed by atoms with Gasteiger partial charge in [0.2, 0.25) is 0 Å². The molecular weight excluding hydrogens is 186 g/mol. The van der Waals surface area contributed by atoms with E-state index in [2.05, 4.69) is 19.2 Å². The van der Waals surface area contributed by atoms with Crippen LogP contribution in [0.25, 0.3) is 0 Å². The molecule has 15 heavy (non-hydrogen) atoms. The molecule has 0 aromatic heterocycles. The minimum Gasteiger partial charge on any atom is -0.382 e. The van der Waals surface area contributed by atoms with Gasteiger partial charge in [-0.05, 0) is 38.6 Å². The number of hydrogen-bond donors (Lipinski definition) is 1. The third-order valence-electron chi connectivity index (χ3n) is 3.67. The summed E-state index contributed by atoms with van der Waals surface area (Å²) in [4.78, 5) is 0. The average molecular weight is 213 g/mol. The molecule has 0 radical (unpaired) electrons. The molecule has 0 aliphatic heterocycles. The van der Waals surface area contributed by atoms with Gasteiger partial charge in [0.1, 0.15) is 0 Å². The molecule has 2 nitrogen and oxygen atoms in total. The first kappa shape index (κ1) is 13.0. The van der Waals surface area contributed by atoms with E-state index in [-0.39, 0.29) is 0 Å². The molecule has 1 N–H and O–H groups in total. The van der Waals surface area contributed by atoms with Gasteiger partial charge >= 0.3 is 0 Å². The van der Waals surface area contributed by atoms with Crippen LogP contribution in [0.3, 0.4) is 0 Å². The SMILES string of the molecule is CCNC(CC(C)OC)C1CCCCC1. The van der Waals surface area contributed by atoms with Crippen LogP contribution in [0.2, 0.25) is 0 Å². The minimum atomic E-state index is 0.385. The Morgan fingerprint density at radius 1 is 1.27 bits per heavy atom. The van der Waals surface area contributed by atoms with Crippen LogP contribution in [0.15, 0.2) is 0 Å². The number of rotatable bonds is 6. The minimum absolute atomic E-state index is 0.385. The van der Waals surface area contributed by atoms with Crippen molar-refractivity contribution in [1.29, 1.82) is 0 Å². The summed E-state index contributed by atoms with van der Waals surface area (Å²) in [6, 6.07) is 0.672. The van der Waals surface area contributed by atoms with Crippen LogP contribution in [0.5, 0.6) is 0 Å². The molecule has 1 aliphatic rings. The number of methoxy groups -OCH3 is 1. The molecule has 2 unspecified atom stereocenters. The molecule has 0 saturated heterocycles. The average Bonchev–Trinajstić information content (AvgIpc) is 2.29. The third kappa shape index (κ3) is 4.52. The highest BCUT2D eigenvalue weighted by Crippen LogP contribution is 2.28. The van der Waals surface area contributed by atoms with Crippen LogP contribution < -0.4 is 5.32 Å². The Bertz CT molecular complexity index is 155. The van der Waals surface area contributed by atoms with Crippen molar-refractivity contribution in [3.63, 3.8) is 0 Å². The summed E-state index contributed by atoms with van der Waals surface area (Å²) in [6.45, 7) is 5.46. The lowest BCUT2D eigenvalue weighted by Gasteiger charge is -2.32. The fourth-order valence-electron chi connectivity index (χ4n) is 2.70. The first-order valence-electron chi connectivity index (χ1n) is 6.54. The van der Waals surface area contributed by atoms with Gasteiger partial charge in [-0.25, -0.2) is 0 Å². The smallest absolute Gasteiger partial charge is 0.0558 e. The quantitative estimate of drug-likeness (QED) is 0.732. The van der Waals surface area contributed by atoms with Gasteiger partial charge in [-0.15, -0.1) is 0 Å². The zero-order valence-corrected chi connectivity index (χ0v) is 10.6. The predicted molar refractivity (Wildman–Crippen MR) is 65.1 cm³/mol. The summed E-state index contributed by atoms with van der Waals surface area (Å²) in [5.74, 6) is 0.885. The molecule has 0 heterocycles. The Morgan fingerprint density at radius 2 is 1.93 bits per heavy atom. The molecule has 0 spiro atoms. The van der Waals surface area contributed by atoms with Gasteiger partial charge in [0.25, 0.3) is 0 Å². The van der Waals surface area contributed by atoms with Crippen molar-refractivity contribution >= 4 is 0 Å². The number of nitrogens with one attached hydrogen (secondary N) is 1. The summed E-state index contributed by atoms with van der Waals surface area (Å²) in [5.41, 5.74) is 0. The Labute approximate surface area is 94.8 Å². The van der Waals surface area contributed by atoms with Gasteiger partial charge < -0.3 is 10.1 Å². The fourth-order valence-corrected chi connectivity index (χ4v) is 2.70. The molecule has 0 aromatic rings. The monoisotopic (exact) mass is 213 g/mol. The molecule has 1 saturated carbocycles. The third-order valence-corrected chi connectivity index (χ3v) is 3.67. The van der Waals surface area contributed by atoms with Crippen LogP contribution in [0.1, 0.15) is 52.4 Å². The van der Waals surface area contributed by atoms with Crippen molar-refractivity contribution in [1.82, 2.24) is 5.32 Å². The van der Waals surface area contributed by atoms with Crippen molar-refractivity contribution < 1.29 is 4.74 Å². The first-order chi connectivity index (χ1) is 7.27. The molecule has 90 valence electrons. The van der Waals surface area contributed by atoms with Crippen molar-refractivity contribution in [3.8, 4) is 0 Å². The zero-order chi connectivity index (χ0) is 11.1. The van der Waals surface area contributed by atoms with E-state index in [9.17, 15) is 0 Å². The van der Waals surface area contributed by atoms with Gasteiger partial charge in [0, 0.05) is 13.2 Å². The topological polar surface area (TPSA) is 21.3 Å². The molecule has 0 bridgehead atoms. The normalized spacial score (nSPS) is 22.6. The van der Waals surface area contributed by atoms with Crippen LogP contribution in [-0.4, -0.2) is 25.8 Å². The standard InChI is InChI=1S/C13H27NO/c1-4-14-13(10-11(2)15-3)12-8-6-5-7-9-12/h11-14H,4-10H2,1-3H3. The maximum atomic E-state index is 5.38. The maximum absolute atomic E-state index is 5.38. The maximum Gasteiger partial charge on any atom is 0.0558 e. The Morgan fingerprint density at radius 3 is 2.47 bits per heavy atom. The summed E-state index contributed by atoms with van der Waals surface area (Å²) in [5, 5.41) is 3.64. The van der Waals surface area contributed by atoms with Gasteiger partial charge in [0.15, 0.2) is 0 Å². The zero-order valence-electron chi connectivity index (χ0n) is 10.6. The molecule has 0 aromatic carbocycles. The highest BCUT2D eigenvalue weighted by molar-refractivity contribution is 4.80. The van der Waals surface area contributed by atoms with Crippen LogP contribution >= 0.6 is 0 Å². The van der Waals surface area contributed by atoms with E-state index in [1.165, 1.54) is 32.1 Å². The number of hydrogen-bond acceptors (Lipinski definition) is 2. The van der Waals surface area contributed by atoms with Gasteiger partial charge in [-0.1, -0.05) is 26.2 Å². The van der Waals surface area contributed by atoms with Crippen LogP contribution in [0.4, 0.5) is 0 Å².